The molecule has 1 aromatic rings. The molecule has 1 rings (SSSR count). The number of nitrogens with one attached hydrogen (secondary N) is 1. The van der Waals surface area contributed by atoms with E-state index in [1.54, 1.807) is 7.11 Å². The molecule has 0 spiro atoms. The van der Waals surface area contributed by atoms with Crippen LogP contribution in [-0.4, -0.2) is 38.8 Å². The fourth-order valence-corrected chi connectivity index (χ4v) is 2.20. The fourth-order valence-electron chi connectivity index (χ4n) is 1.71. The van der Waals surface area contributed by atoms with Gasteiger partial charge in [-0.25, -0.2) is 0 Å². The van der Waals surface area contributed by atoms with Crippen molar-refractivity contribution in [3.63, 3.8) is 0 Å². The molecule has 0 amide bonds. The molecule has 3 nitrogen and oxygen atoms in total. The van der Waals surface area contributed by atoms with Gasteiger partial charge >= 0.3 is 0 Å². The van der Waals surface area contributed by atoms with E-state index in [-0.39, 0.29) is 0 Å². The van der Waals surface area contributed by atoms with E-state index in [9.17, 15) is 0 Å². The molecule has 0 bridgehead atoms. The van der Waals surface area contributed by atoms with E-state index < -0.39 is 0 Å². The van der Waals surface area contributed by atoms with Crippen molar-refractivity contribution in [3.05, 3.63) is 24.3 Å². The van der Waals surface area contributed by atoms with Crippen molar-refractivity contribution in [2.75, 3.05) is 38.8 Å². The van der Waals surface area contributed by atoms with Crippen LogP contribution in [0.15, 0.2) is 24.3 Å². The fraction of sp³-hybridized carbons (Fsp3) is 0.600. The second-order valence-corrected chi connectivity index (χ2v) is 5.31. The van der Waals surface area contributed by atoms with E-state index in [1.807, 2.05) is 36.0 Å². The Labute approximate surface area is 121 Å². The molecule has 0 aliphatic rings. The van der Waals surface area contributed by atoms with Crippen molar-refractivity contribution in [2.24, 2.45) is 0 Å². The van der Waals surface area contributed by atoms with Gasteiger partial charge in [0.05, 0.1) is 7.11 Å². The minimum absolute atomic E-state index is 0.705. The number of unbranched alkanes of at least 4 members (excludes halogenated alkanes) is 2. The molecule has 1 aromatic carbocycles. The van der Waals surface area contributed by atoms with Crippen molar-refractivity contribution < 1.29 is 9.47 Å². The Hall–Kier alpha value is -0.870. The molecule has 0 heterocycles. The minimum atomic E-state index is 0.705. The maximum absolute atomic E-state index is 5.63. The van der Waals surface area contributed by atoms with Crippen LogP contribution < -0.4 is 14.8 Å². The van der Waals surface area contributed by atoms with Crippen LogP contribution in [0.5, 0.6) is 11.5 Å². The number of methoxy groups -OCH3 is 1. The summed E-state index contributed by atoms with van der Waals surface area (Å²) in [4.78, 5) is 0. The van der Waals surface area contributed by atoms with Gasteiger partial charge in [-0.3, -0.25) is 0 Å². The number of thioether (sulfide) groups is 1. The molecule has 0 fully saturated rings. The largest absolute Gasteiger partial charge is 0.497 e. The average Bonchev–Trinajstić information content (AvgIpc) is 2.46. The Bertz CT molecular complexity index is 316. The van der Waals surface area contributed by atoms with Crippen molar-refractivity contribution in [1.82, 2.24) is 5.32 Å². The summed E-state index contributed by atoms with van der Waals surface area (Å²) in [5, 5.41) is 3.40. The molecule has 4 heteroatoms. The lowest BCUT2D eigenvalue weighted by atomic mass is 10.2. The molecule has 0 saturated heterocycles. The first-order chi connectivity index (χ1) is 9.36. The summed E-state index contributed by atoms with van der Waals surface area (Å²) in [6, 6.07) is 7.69. The second-order valence-electron chi connectivity index (χ2n) is 4.33. The van der Waals surface area contributed by atoms with Gasteiger partial charge in [-0.05, 0) is 55.7 Å². The summed E-state index contributed by atoms with van der Waals surface area (Å²) in [5.41, 5.74) is 0. The molecule has 0 aromatic heterocycles. The lowest BCUT2D eigenvalue weighted by Crippen LogP contribution is -2.22. The Morgan fingerprint density at radius 1 is 1.00 bits per heavy atom. The maximum Gasteiger partial charge on any atom is 0.119 e. The van der Waals surface area contributed by atoms with Crippen LogP contribution in [-0.2, 0) is 0 Å². The van der Waals surface area contributed by atoms with Gasteiger partial charge in [0.1, 0.15) is 18.1 Å². The molecule has 0 aliphatic heterocycles. The smallest absolute Gasteiger partial charge is 0.119 e. The summed E-state index contributed by atoms with van der Waals surface area (Å²) < 4.78 is 10.7. The van der Waals surface area contributed by atoms with E-state index in [1.165, 1.54) is 25.0 Å². The summed E-state index contributed by atoms with van der Waals surface area (Å²) in [6.07, 6.45) is 6.05. The zero-order valence-corrected chi connectivity index (χ0v) is 12.8. The normalized spacial score (nSPS) is 10.4. The van der Waals surface area contributed by atoms with Gasteiger partial charge in [0, 0.05) is 6.54 Å². The first kappa shape index (κ1) is 16.2. The number of ether oxygens (including phenoxy) is 2. The standard InChI is InChI=1S/C15H25NO2S/c1-17-14-6-8-15(9-7-14)18-12-11-16-10-4-3-5-13-19-2/h6-9,16H,3-5,10-13H2,1-2H3. The Morgan fingerprint density at radius 3 is 2.42 bits per heavy atom. The zero-order chi connectivity index (χ0) is 13.8. The topological polar surface area (TPSA) is 30.5 Å². The van der Waals surface area contributed by atoms with Gasteiger partial charge in [0.25, 0.3) is 0 Å². The van der Waals surface area contributed by atoms with Gasteiger partial charge in [-0.1, -0.05) is 6.42 Å². The third kappa shape index (κ3) is 8.01. The molecule has 1 N–H and O–H groups in total. The first-order valence-corrected chi connectivity index (χ1v) is 8.22. The molecule has 0 aliphatic carbocycles. The van der Waals surface area contributed by atoms with Crippen LogP contribution in [0.25, 0.3) is 0 Å². The molecule has 0 unspecified atom stereocenters. The minimum Gasteiger partial charge on any atom is -0.497 e. The van der Waals surface area contributed by atoms with Gasteiger partial charge in [-0.2, -0.15) is 11.8 Å². The van der Waals surface area contributed by atoms with Crippen LogP contribution in [0.2, 0.25) is 0 Å². The summed E-state index contributed by atoms with van der Waals surface area (Å²) in [5.74, 6) is 3.03. The number of hydrogen-bond donors (Lipinski definition) is 1. The highest BCUT2D eigenvalue weighted by Gasteiger charge is 1.95. The van der Waals surface area contributed by atoms with E-state index >= 15 is 0 Å². The van der Waals surface area contributed by atoms with Crippen LogP contribution in [0.1, 0.15) is 19.3 Å². The molecule has 0 atom stereocenters. The SMILES string of the molecule is COc1ccc(OCCNCCCCCSC)cc1. The summed E-state index contributed by atoms with van der Waals surface area (Å²) in [6.45, 7) is 2.69. The van der Waals surface area contributed by atoms with Crippen LogP contribution in [0.4, 0.5) is 0 Å². The third-order valence-electron chi connectivity index (χ3n) is 2.81. The zero-order valence-electron chi connectivity index (χ0n) is 12.0. The van der Waals surface area contributed by atoms with Crippen LogP contribution in [0, 0.1) is 0 Å². The van der Waals surface area contributed by atoms with Crippen molar-refractivity contribution in [1.29, 1.82) is 0 Å². The lowest BCUT2D eigenvalue weighted by molar-refractivity contribution is 0.313. The summed E-state index contributed by atoms with van der Waals surface area (Å²) in [7, 11) is 1.67. The molecule has 0 saturated carbocycles. The van der Waals surface area contributed by atoms with E-state index in [0.717, 1.165) is 24.6 Å². The maximum atomic E-state index is 5.63. The molecular weight excluding hydrogens is 258 g/mol. The molecule has 19 heavy (non-hydrogen) atoms. The Balaban J connectivity index is 1.95. The first-order valence-electron chi connectivity index (χ1n) is 6.83. The van der Waals surface area contributed by atoms with Gasteiger partial charge < -0.3 is 14.8 Å². The van der Waals surface area contributed by atoms with E-state index in [2.05, 4.69) is 11.6 Å². The van der Waals surface area contributed by atoms with E-state index in [0.29, 0.717) is 6.61 Å². The molecule has 108 valence electrons. The highest BCUT2D eigenvalue weighted by Crippen LogP contribution is 2.16. The average molecular weight is 283 g/mol. The predicted molar refractivity (Wildman–Crippen MR) is 83.6 cm³/mol. The van der Waals surface area contributed by atoms with Crippen molar-refractivity contribution in [3.8, 4) is 11.5 Å². The van der Waals surface area contributed by atoms with Crippen LogP contribution >= 0.6 is 11.8 Å². The van der Waals surface area contributed by atoms with Crippen LogP contribution in [0.3, 0.4) is 0 Å². The van der Waals surface area contributed by atoms with Gasteiger partial charge in [0.15, 0.2) is 0 Å². The van der Waals surface area contributed by atoms with Crippen molar-refractivity contribution in [2.45, 2.75) is 19.3 Å². The third-order valence-corrected chi connectivity index (χ3v) is 3.51. The lowest BCUT2D eigenvalue weighted by Gasteiger charge is -2.08. The number of rotatable bonds is 11. The number of benzene rings is 1. The Kier molecular flexibility index (Phi) is 9.37. The monoisotopic (exact) mass is 283 g/mol. The number of hydrogen-bond acceptors (Lipinski definition) is 4. The van der Waals surface area contributed by atoms with Gasteiger partial charge in [0.2, 0.25) is 0 Å². The Morgan fingerprint density at radius 2 is 1.74 bits per heavy atom. The highest BCUT2D eigenvalue weighted by atomic mass is 32.2. The quantitative estimate of drug-likeness (QED) is 0.632. The predicted octanol–water partition coefficient (Wildman–Crippen LogP) is 3.20. The van der Waals surface area contributed by atoms with Gasteiger partial charge in [-0.15, -0.1) is 0 Å². The second kappa shape index (κ2) is 11.0. The van der Waals surface area contributed by atoms with Crippen molar-refractivity contribution >= 4 is 11.8 Å². The van der Waals surface area contributed by atoms with E-state index in [4.69, 9.17) is 9.47 Å². The highest BCUT2D eigenvalue weighted by molar-refractivity contribution is 7.98. The molecule has 0 radical (unpaired) electrons. The summed E-state index contributed by atoms with van der Waals surface area (Å²) >= 11 is 1.92. The molecular formula is C15H25NO2S.